The molecule has 170 valence electrons. The summed E-state index contributed by atoms with van der Waals surface area (Å²) in [5.74, 6) is 0.439. The molecule has 1 aromatic carbocycles. The number of tetrazole rings is 1. The summed E-state index contributed by atoms with van der Waals surface area (Å²) >= 11 is 8.14. The van der Waals surface area contributed by atoms with E-state index >= 15 is 0 Å². The Balaban J connectivity index is 1.67. The Labute approximate surface area is 200 Å². The molecule has 0 amide bonds. The molecule has 0 aliphatic rings. The molecule has 0 atom stereocenters. The van der Waals surface area contributed by atoms with Crippen LogP contribution in [0.1, 0.15) is 41.7 Å². The van der Waals surface area contributed by atoms with Crippen LogP contribution in [0.4, 0.5) is 0 Å². The maximum atomic E-state index is 11.9. The van der Waals surface area contributed by atoms with Crippen molar-refractivity contribution in [3.63, 3.8) is 0 Å². The summed E-state index contributed by atoms with van der Waals surface area (Å²) in [5, 5.41) is 26.3. The highest BCUT2D eigenvalue weighted by Gasteiger charge is 2.16. The molecule has 3 heterocycles. The van der Waals surface area contributed by atoms with Gasteiger partial charge in [-0.15, -0.1) is 21.5 Å². The smallest absolute Gasteiger partial charge is 0.332 e. The fourth-order valence-electron chi connectivity index (χ4n) is 3.50. The van der Waals surface area contributed by atoms with Crippen LogP contribution in [-0.4, -0.2) is 41.3 Å². The van der Waals surface area contributed by atoms with Crippen LogP contribution < -0.4 is 0 Å². The van der Waals surface area contributed by atoms with E-state index in [2.05, 4.69) is 32.5 Å². The van der Waals surface area contributed by atoms with E-state index < -0.39 is 5.97 Å². The van der Waals surface area contributed by atoms with Gasteiger partial charge in [0, 0.05) is 33.9 Å². The van der Waals surface area contributed by atoms with E-state index in [0.29, 0.717) is 29.4 Å². The van der Waals surface area contributed by atoms with Crippen molar-refractivity contribution in [2.45, 2.75) is 39.2 Å². The molecular formula is C23H23ClN6O2S. The first-order valence-electron chi connectivity index (χ1n) is 10.6. The third-order valence-corrected chi connectivity index (χ3v) is 6.48. The summed E-state index contributed by atoms with van der Waals surface area (Å²) in [5.41, 5.74) is 2.72. The minimum atomic E-state index is -0.936. The molecule has 0 saturated heterocycles. The molecule has 0 aliphatic heterocycles. The Morgan fingerprint density at radius 2 is 2.21 bits per heavy atom. The number of carbonyl (C=O) groups is 1. The normalized spacial score (nSPS) is 11.8. The number of unbranched alkanes of at least 4 members (excludes halogenated alkanes) is 1. The molecule has 0 aliphatic carbocycles. The summed E-state index contributed by atoms with van der Waals surface area (Å²) in [4.78, 5) is 17.5. The standard InChI is InChI=1S/C23H23ClN6O2S/c1-2-3-6-21-25-13-18(10-17(23(31)32)11-19-5-4-9-33-19)30(21)14-16-8-7-15(12-20(16)24)22-26-28-29-27-22/h4-5,7-10,12-13H,2-3,6,11,14H2,1H3,(H,31,32)(H,26,27,28,29)/b17-10+. The summed E-state index contributed by atoms with van der Waals surface area (Å²) < 4.78 is 2.04. The second-order valence-corrected chi connectivity index (χ2v) is 9.00. The molecule has 0 unspecified atom stereocenters. The number of aliphatic carboxylic acids is 1. The van der Waals surface area contributed by atoms with Crippen LogP contribution in [0.25, 0.3) is 17.5 Å². The van der Waals surface area contributed by atoms with Crippen molar-refractivity contribution in [2.24, 2.45) is 0 Å². The monoisotopic (exact) mass is 482 g/mol. The van der Waals surface area contributed by atoms with Crippen LogP contribution in [0.2, 0.25) is 5.02 Å². The van der Waals surface area contributed by atoms with E-state index in [1.54, 1.807) is 29.7 Å². The second-order valence-electron chi connectivity index (χ2n) is 7.56. The Morgan fingerprint density at radius 1 is 1.33 bits per heavy atom. The molecule has 0 fully saturated rings. The lowest BCUT2D eigenvalue weighted by atomic mass is 10.1. The number of nitrogens with zero attached hydrogens (tertiary/aromatic N) is 5. The Kier molecular flexibility index (Phi) is 7.31. The van der Waals surface area contributed by atoms with Crippen molar-refractivity contribution in [1.29, 1.82) is 0 Å². The van der Waals surface area contributed by atoms with Gasteiger partial charge in [-0.05, 0) is 40.8 Å². The van der Waals surface area contributed by atoms with Crippen LogP contribution in [0.3, 0.4) is 0 Å². The van der Waals surface area contributed by atoms with Gasteiger partial charge in [0.1, 0.15) is 5.82 Å². The second kappa shape index (κ2) is 10.5. The zero-order valence-corrected chi connectivity index (χ0v) is 19.6. The number of thiophene rings is 1. The van der Waals surface area contributed by atoms with E-state index in [1.807, 2.05) is 34.2 Å². The lowest BCUT2D eigenvalue weighted by Gasteiger charge is -2.13. The third-order valence-electron chi connectivity index (χ3n) is 5.25. The van der Waals surface area contributed by atoms with Crippen LogP contribution in [0.15, 0.2) is 47.5 Å². The first-order valence-corrected chi connectivity index (χ1v) is 11.8. The summed E-state index contributed by atoms with van der Waals surface area (Å²) in [6.07, 6.45) is 6.65. The Bertz CT molecular complexity index is 1250. The number of imidazole rings is 1. The highest BCUT2D eigenvalue weighted by atomic mass is 35.5. The van der Waals surface area contributed by atoms with E-state index in [-0.39, 0.29) is 0 Å². The van der Waals surface area contributed by atoms with Crippen molar-refractivity contribution < 1.29 is 9.90 Å². The number of hydrogen-bond donors (Lipinski definition) is 2. The first-order chi connectivity index (χ1) is 16.0. The fourth-order valence-corrected chi connectivity index (χ4v) is 4.47. The minimum Gasteiger partial charge on any atom is -0.478 e. The number of aryl methyl sites for hydroxylation is 1. The summed E-state index contributed by atoms with van der Waals surface area (Å²) in [6, 6.07) is 9.49. The van der Waals surface area contributed by atoms with Gasteiger partial charge in [0.2, 0.25) is 5.82 Å². The zero-order valence-electron chi connectivity index (χ0n) is 18.0. The molecule has 4 rings (SSSR count). The van der Waals surface area contributed by atoms with E-state index in [0.717, 1.165) is 46.8 Å². The predicted octanol–water partition coefficient (Wildman–Crippen LogP) is 4.88. The number of carboxylic acid groups (broad SMARTS) is 1. The highest BCUT2D eigenvalue weighted by molar-refractivity contribution is 7.09. The van der Waals surface area contributed by atoms with Crippen molar-refractivity contribution >= 4 is 35.0 Å². The molecule has 0 saturated carbocycles. The van der Waals surface area contributed by atoms with Gasteiger partial charge in [-0.1, -0.05) is 43.1 Å². The summed E-state index contributed by atoms with van der Waals surface area (Å²) in [6.45, 7) is 2.60. The van der Waals surface area contributed by atoms with Gasteiger partial charge in [0.25, 0.3) is 0 Å². The first kappa shape index (κ1) is 22.9. The van der Waals surface area contributed by atoms with Crippen molar-refractivity contribution in [3.8, 4) is 11.4 Å². The molecule has 10 heteroatoms. The quantitative estimate of drug-likeness (QED) is 0.312. The number of rotatable bonds is 10. The van der Waals surface area contributed by atoms with Crippen LogP contribution in [0.5, 0.6) is 0 Å². The predicted molar refractivity (Wildman–Crippen MR) is 128 cm³/mol. The molecule has 4 aromatic rings. The van der Waals surface area contributed by atoms with Gasteiger partial charge in [-0.25, -0.2) is 9.78 Å². The van der Waals surface area contributed by atoms with Crippen LogP contribution >= 0.6 is 22.9 Å². The minimum absolute atomic E-state index is 0.319. The Morgan fingerprint density at radius 3 is 2.88 bits per heavy atom. The van der Waals surface area contributed by atoms with Crippen molar-refractivity contribution in [1.82, 2.24) is 30.2 Å². The lowest BCUT2D eigenvalue weighted by molar-refractivity contribution is -0.132. The topological polar surface area (TPSA) is 110 Å². The maximum Gasteiger partial charge on any atom is 0.332 e. The highest BCUT2D eigenvalue weighted by Crippen LogP contribution is 2.26. The number of H-pyrrole nitrogens is 1. The maximum absolute atomic E-state index is 11.9. The molecular weight excluding hydrogens is 460 g/mol. The lowest BCUT2D eigenvalue weighted by Crippen LogP contribution is -2.09. The average molecular weight is 483 g/mol. The molecule has 33 heavy (non-hydrogen) atoms. The number of carboxylic acids is 1. The molecule has 3 aromatic heterocycles. The fraction of sp³-hybridized carbons (Fsp3) is 0.261. The van der Waals surface area contributed by atoms with Crippen molar-refractivity contribution in [3.05, 3.63) is 74.5 Å². The molecule has 0 bridgehead atoms. The Hall–Kier alpha value is -3.30. The molecule has 8 nitrogen and oxygen atoms in total. The van der Waals surface area contributed by atoms with Crippen LogP contribution in [-0.2, 0) is 24.2 Å². The van der Waals surface area contributed by atoms with Gasteiger partial charge in [-0.2, -0.15) is 5.21 Å². The van der Waals surface area contributed by atoms with Gasteiger partial charge in [0.15, 0.2) is 0 Å². The van der Waals surface area contributed by atoms with Gasteiger partial charge >= 0.3 is 5.97 Å². The average Bonchev–Trinajstić information content (AvgIpc) is 3.57. The van der Waals surface area contributed by atoms with Gasteiger partial charge in [-0.3, -0.25) is 0 Å². The number of hydrogen-bond acceptors (Lipinski definition) is 6. The van der Waals surface area contributed by atoms with Crippen molar-refractivity contribution in [2.75, 3.05) is 0 Å². The van der Waals surface area contributed by atoms with E-state index in [1.165, 1.54) is 0 Å². The number of aromatic amines is 1. The molecule has 2 N–H and O–H groups in total. The number of aromatic nitrogens is 6. The third kappa shape index (κ3) is 5.55. The number of halogens is 1. The van der Waals surface area contributed by atoms with Gasteiger partial charge in [0.05, 0.1) is 18.4 Å². The zero-order chi connectivity index (χ0) is 23.2. The van der Waals surface area contributed by atoms with Crippen LogP contribution in [0, 0.1) is 0 Å². The van der Waals surface area contributed by atoms with E-state index in [9.17, 15) is 9.90 Å². The number of benzene rings is 1. The molecule has 0 spiro atoms. The largest absolute Gasteiger partial charge is 0.478 e. The SMILES string of the molecule is CCCCc1ncc(/C=C(\Cc2cccs2)C(=O)O)n1Cc1ccc(-c2nn[nH]n2)cc1Cl. The number of nitrogens with one attached hydrogen (secondary N) is 1. The van der Waals surface area contributed by atoms with Gasteiger partial charge < -0.3 is 9.67 Å². The summed E-state index contributed by atoms with van der Waals surface area (Å²) in [7, 11) is 0. The molecule has 0 radical (unpaired) electrons. The van der Waals surface area contributed by atoms with E-state index in [4.69, 9.17) is 11.6 Å².